The summed E-state index contributed by atoms with van der Waals surface area (Å²) >= 11 is 2.77. The zero-order valence-electron chi connectivity index (χ0n) is 26.7. The molecule has 0 spiro atoms. The van der Waals surface area contributed by atoms with Crippen LogP contribution in [0.1, 0.15) is 44.6 Å². The number of nitro benzene ring substituents is 1. The maximum Gasteiger partial charge on any atom is 0.269 e. The number of para-hydroxylation sites is 1. The van der Waals surface area contributed by atoms with Crippen molar-refractivity contribution in [3.8, 4) is 17.2 Å². The van der Waals surface area contributed by atoms with E-state index in [1.807, 2.05) is 66.9 Å². The van der Waals surface area contributed by atoms with E-state index in [4.69, 9.17) is 14.6 Å². The second kappa shape index (κ2) is 14.7. The number of hydrazone groups is 1. The van der Waals surface area contributed by atoms with Gasteiger partial charge in [0.15, 0.2) is 22.5 Å². The van der Waals surface area contributed by atoms with Gasteiger partial charge < -0.3 is 14.8 Å². The average molecular weight is 698 g/mol. The standard InChI is InChI=1S/C34H31N7O6S2/c1-21-7-4-8-24(17-21)39-30(19-35-33(43)22-12-14-23(15-13-22)41(44)45)36-37-34(39)49-20-31(42)40-27(18-26(38-40)29-11-6-16-48-29)25-9-5-10-28(46-2)32(25)47-3/h4-17,27H,18-20H2,1-3H3,(H,35,43). The molecule has 49 heavy (non-hydrogen) atoms. The first-order chi connectivity index (χ1) is 23.8. The van der Waals surface area contributed by atoms with Gasteiger partial charge in [0.1, 0.15) is 0 Å². The van der Waals surface area contributed by atoms with Gasteiger partial charge >= 0.3 is 0 Å². The van der Waals surface area contributed by atoms with Crippen LogP contribution < -0.4 is 14.8 Å². The molecule has 2 amide bonds. The molecular formula is C34H31N7O6S2. The Balaban J connectivity index is 1.25. The van der Waals surface area contributed by atoms with Gasteiger partial charge in [0.2, 0.25) is 0 Å². The summed E-state index contributed by atoms with van der Waals surface area (Å²) in [4.78, 5) is 38.3. The number of benzene rings is 3. The molecule has 0 fully saturated rings. The lowest BCUT2D eigenvalue weighted by atomic mass is 9.99. The molecule has 13 nitrogen and oxygen atoms in total. The highest BCUT2D eigenvalue weighted by atomic mass is 32.2. The molecular weight excluding hydrogens is 667 g/mol. The van der Waals surface area contributed by atoms with E-state index in [1.165, 1.54) is 41.0 Å². The van der Waals surface area contributed by atoms with Crippen LogP contribution in [0.2, 0.25) is 0 Å². The number of carbonyl (C=O) groups excluding carboxylic acids is 2. The molecule has 1 aliphatic heterocycles. The van der Waals surface area contributed by atoms with Crippen molar-refractivity contribution in [2.24, 2.45) is 5.10 Å². The maximum atomic E-state index is 14.0. The number of nitro groups is 1. The second-order valence-corrected chi connectivity index (χ2v) is 12.8. The topological polar surface area (TPSA) is 154 Å². The number of nitrogens with one attached hydrogen (secondary N) is 1. The number of rotatable bonds is 12. The number of aryl methyl sites for hydroxylation is 1. The molecule has 1 aliphatic rings. The van der Waals surface area contributed by atoms with Crippen molar-refractivity contribution in [1.82, 2.24) is 25.1 Å². The predicted octanol–water partition coefficient (Wildman–Crippen LogP) is 5.96. The Hall–Kier alpha value is -5.54. The van der Waals surface area contributed by atoms with Gasteiger partial charge in [-0.05, 0) is 54.3 Å². The SMILES string of the molecule is COc1cccc(C2CC(c3cccs3)=NN2C(=O)CSc2nnc(CNC(=O)c3ccc([N+](=O)[O-])cc3)n2-c2cccc(C)c2)c1OC. The molecule has 250 valence electrons. The monoisotopic (exact) mass is 697 g/mol. The summed E-state index contributed by atoms with van der Waals surface area (Å²) < 4.78 is 13.1. The third-order valence-electron chi connectivity index (χ3n) is 7.80. The van der Waals surface area contributed by atoms with E-state index in [-0.39, 0.29) is 29.5 Å². The fourth-order valence-electron chi connectivity index (χ4n) is 5.47. The molecule has 3 heterocycles. The second-order valence-electron chi connectivity index (χ2n) is 10.9. The largest absolute Gasteiger partial charge is 0.493 e. The van der Waals surface area contributed by atoms with Gasteiger partial charge in [-0.25, -0.2) is 5.01 Å². The van der Waals surface area contributed by atoms with E-state index >= 15 is 0 Å². The minimum absolute atomic E-state index is 0.00308. The Morgan fingerprint density at radius 1 is 1.04 bits per heavy atom. The minimum atomic E-state index is -0.523. The Labute approximate surface area is 289 Å². The van der Waals surface area contributed by atoms with Crippen molar-refractivity contribution in [2.45, 2.75) is 31.1 Å². The molecule has 0 aliphatic carbocycles. The van der Waals surface area contributed by atoms with Crippen molar-refractivity contribution in [2.75, 3.05) is 20.0 Å². The summed E-state index contributed by atoms with van der Waals surface area (Å²) in [7, 11) is 3.15. The number of aromatic nitrogens is 3. The third-order valence-corrected chi connectivity index (χ3v) is 9.63. The van der Waals surface area contributed by atoms with E-state index in [1.54, 1.807) is 30.1 Å². The van der Waals surface area contributed by atoms with Crippen molar-refractivity contribution < 1.29 is 24.0 Å². The molecule has 0 saturated carbocycles. The number of hydrogen-bond acceptors (Lipinski definition) is 11. The van der Waals surface area contributed by atoms with Crippen LogP contribution in [-0.2, 0) is 11.3 Å². The molecule has 0 bridgehead atoms. The zero-order chi connectivity index (χ0) is 34.5. The Morgan fingerprint density at radius 3 is 2.53 bits per heavy atom. The molecule has 0 saturated heterocycles. The zero-order valence-corrected chi connectivity index (χ0v) is 28.4. The number of ether oxygens (including phenoxy) is 2. The number of non-ortho nitro benzene ring substituents is 1. The number of amides is 2. The summed E-state index contributed by atoms with van der Waals surface area (Å²) in [5.41, 5.74) is 3.51. The van der Waals surface area contributed by atoms with Crippen LogP contribution in [0.3, 0.4) is 0 Å². The van der Waals surface area contributed by atoms with Crippen molar-refractivity contribution in [3.63, 3.8) is 0 Å². The smallest absolute Gasteiger partial charge is 0.269 e. The van der Waals surface area contributed by atoms with Gasteiger partial charge in [-0.1, -0.05) is 42.1 Å². The lowest BCUT2D eigenvalue weighted by Gasteiger charge is -2.24. The van der Waals surface area contributed by atoms with E-state index in [9.17, 15) is 19.7 Å². The maximum absolute atomic E-state index is 14.0. The molecule has 2 aromatic heterocycles. The molecule has 0 radical (unpaired) electrons. The van der Waals surface area contributed by atoms with Gasteiger partial charge in [0.05, 0.1) is 48.1 Å². The van der Waals surface area contributed by atoms with Gasteiger partial charge in [0.25, 0.3) is 17.5 Å². The Bertz CT molecular complexity index is 2030. The Kier molecular flexibility index (Phi) is 10.0. The predicted molar refractivity (Wildman–Crippen MR) is 186 cm³/mol. The van der Waals surface area contributed by atoms with Gasteiger partial charge in [0, 0.05) is 35.4 Å². The summed E-state index contributed by atoms with van der Waals surface area (Å²) in [6.07, 6.45) is 0.499. The summed E-state index contributed by atoms with van der Waals surface area (Å²) in [5.74, 6) is 0.884. The van der Waals surface area contributed by atoms with Crippen molar-refractivity contribution in [3.05, 3.63) is 122 Å². The first kappa shape index (κ1) is 33.4. The molecule has 1 atom stereocenters. The summed E-state index contributed by atoms with van der Waals surface area (Å²) in [6, 6.07) is 22.2. The number of thioether (sulfide) groups is 1. The highest BCUT2D eigenvalue weighted by Crippen LogP contribution is 2.42. The molecule has 1 unspecified atom stereocenters. The average Bonchev–Trinajstić information content (AvgIpc) is 3.89. The van der Waals surface area contributed by atoms with Crippen LogP contribution in [0, 0.1) is 17.0 Å². The van der Waals surface area contributed by atoms with Crippen LogP contribution in [0.25, 0.3) is 5.69 Å². The van der Waals surface area contributed by atoms with Crippen LogP contribution in [-0.4, -0.2) is 62.2 Å². The number of thiophene rings is 1. The van der Waals surface area contributed by atoms with E-state index < -0.39 is 16.9 Å². The summed E-state index contributed by atoms with van der Waals surface area (Å²) in [5, 5.41) is 31.3. The van der Waals surface area contributed by atoms with Crippen LogP contribution in [0.4, 0.5) is 5.69 Å². The molecule has 1 N–H and O–H groups in total. The molecule has 15 heteroatoms. The minimum Gasteiger partial charge on any atom is -0.493 e. The highest BCUT2D eigenvalue weighted by molar-refractivity contribution is 7.99. The van der Waals surface area contributed by atoms with Gasteiger partial charge in [-0.15, -0.1) is 21.5 Å². The number of carbonyl (C=O) groups is 2. The summed E-state index contributed by atoms with van der Waals surface area (Å²) in [6.45, 7) is 1.98. The number of nitrogens with zero attached hydrogens (tertiary/aromatic N) is 6. The number of methoxy groups -OCH3 is 2. The molecule has 6 rings (SSSR count). The van der Waals surface area contributed by atoms with E-state index in [2.05, 4.69) is 15.5 Å². The Morgan fingerprint density at radius 2 is 1.84 bits per heavy atom. The lowest BCUT2D eigenvalue weighted by Crippen LogP contribution is -2.29. The van der Waals surface area contributed by atoms with Crippen molar-refractivity contribution in [1.29, 1.82) is 0 Å². The van der Waals surface area contributed by atoms with Crippen molar-refractivity contribution >= 4 is 46.3 Å². The molecule has 3 aromatic carbocycles. The van der Waals surface area contributed by atoms with Gasteiger partial charge in [-0.2, -0.15) is 5.10 Å². The van der Waals surface area contributed by atoms with Crippen LogP contribution >= 0.6 is 23.1 Å². The first-order valence-corrected chi connectivity index (χ1v) is 16.9. The first-order valence-electron chi connectivity index (χ1n) is 15.1. The lowest BCUT2D eigenvalue weighted by molar-refractivity contribution is -0.384. The normalized spacial score (nSPS) is 14.0. The quantitative estimate of drug-likeness (QED) is 0.0945. The highest BCUT2D eigenvalue weighted by Gasteiger charge is 2.36. The van der Waals surface area contributed by atoms with Crippen LogP contribution in [0.15, 0.2) is 94.5 Å². The third kappa shape index (κ3) is 7.17. The van der Waals surface area contributed by atoms with E-state index in [0.717, 1.165) is 27.4 Å². The fourth-order valence-corrected chi connectivity index (χ4v) is 7.02. The van der Waals surface area contributed by atoms with Crippen LogP contribution in [0.5, 0.6) is 11.5 Å². The van der Waals surface area contributed by atoms with Gasteiger partial charge in [-0.3, -0.25) is 24.3 Å². The molecule has 5 aromatic rings. The number of hydrogen-bond donors (Lipinski definition) is 1. The van der Waals surface area contributed by atoms with E-state index in [0.29, 0.717) is 28.9 Å². The fraction of sp³-hybridized carbons (Fsp3) is 0.206.